The van der Waals surface area contributed by atoms with E-state index in [4.69, 9.17) is 0 Å². The molecule has 2 aromatic rings. The molecule has 0 aliphatic carbocycles. The molecule has 0 saturated heterocycles. The Balaban J connectivity index is 1.81. The third-order valence-electron chi connectivity index (χ3n) is 3.01. The largest absolute Gasteiger partial charge is 0.329 e. The van der Waals surface area contributed by atoms with Gasteiger partial charge in [-0.25, -0.2) is 10.4 Å². The molecule has 3 N–H and O–H groups in total. The van der Waals surface area contributed by atoms with Crippen LogP contribution in [0.25, 0.3) is 0 Å². The smallest absolute Gasteiger partial charge is 0.326 e. The van der Waals surface area contributed by atoms with E-state index < -0.39 is 11.8 Å². The van der Waals surface area contributed by atoms with E-state index in [1.807, 2.05) is 0 Å². The first-order valence-electron chi connectivity index (χ1n) is 7.55. The Morgan fingerprint density at radius 1 is 1.04 bits per heavy atom. The highest BCUT2D eigenvalue weighted by Crippen LogP contribution is 2.14. The van der Waals surface area contributed by atoms with Crippen molar-refractivity contribution in [3.63, 3.8) is 0 Å². The highest BCUT2D eigenvalue weighted by molar-refractivity contribution is 9.10. The molecule has 0 atom stereocenters. The molecular formula is C17H16BrN5O3. The van der Waals surface area contributed by atoms with Gasteiger partial charge in [-0.1, -0.05) is 22.0 Å². The Hall–Kier alpha value is -3.07. The molecule has 134 valence electrons. The van der Waals surface area contributed by atoms with Gasteiger partial charge in [-0.05, 0) is 43.3 Å². The Bertz CT molecular complexity index is 822. The van der Waals surface area contributed by atoms with Gasteiger partial charge in [0.1, 0.15) is 5.82 Å². The summed E-state index contributed by atoms with van der Waals surface area (Å²) in [4.78, 5) is 39.2. The van der Waals surface area contributed by atoms with Gasteiger partial charge in [0.15, 0.2) is 0 Å². The minimum Gasteiger partial charge on any atom is -0.326 e. The van der Waals surface area contributed by atoms with Crippen LogP contribution in [0.2, 0.25) is 0 Å². The van der Waals surface area contributed by atoms with Crippen LogP contribution in [0.15, 0.2) is 58.2 Å². The summed E-state index contributed by atoms with van der Waals surface area (Å²) < 4.78 is 0.903. The second-order valence-electron chi connectivity index (χ2n) is 5.19. The zero-order valence-electron chi connectivity index (χ0n) is 13.8. The van der Waals surface area contributed by atoms with Crippen molar-refractivity contribution in [2.75, 3.05) is 10.6 Å². The van der Waals surface area contributed by atoms with Gasteiger partial charge in [-0.3, -0.25) is 14.4 Å². The first-order chi connectivity index (χ1) is 12.4. The maximum Gasteiger partial charge on any atom is 0.329 e. The molecule has 8 nitrogen and oxygen atoms in total. The predicted molar refractivity (Wildman–Crippen MR) is 102 cm³/mol. The van der Waals surface area contributed by atoms with E-state index in [1.54, 1.807) is 49.4 Å². The van der Waals surface area contributed by atoms with Gasteiger partial charge in [0.2, 0.25) is 5.91 Å². The second kappa shape index (κ2) is 9.42. The molecule has 0 aliphatic heterocycles. The number of hydrazone groups is 1. The molecule has 0 saturated carbocycles. The van der Waals surface area contributed by atoms with E-state index in [9.17, 15) is 14.4 Å². The van der Waals surface area contributed by atoms with Crippen LogP contribution < -0.4 is 16.1 Å². The number of hydrogen-bond donors (Lipinski definition) is 3. The molecule has 0 spiro atoms. The number of carbonyl (C=O) groups is 3. The molecular weight excluding hydrogens is 402 g/mol. The molecule has 1 heterocycles. The average Bonchev–Trinajstić information content (AvgIpc) is 2.62. The lowest BCUT2D eigenvalue weighted by molar-refractivity contribution is -0.136. The Morgan fingerprint density at radius 2 is 1.77 bits per heavy atom. The maximum atomic E-state index is 11.9. The number of rotatable bonds is 5. The highest BCUT2D eigenvalue weighted by atomic mass is 79.9. The molecule has 26 heavy (non-hydrogen) atoms. The normalized spacial score (nSPS) is 10.8. The quantitative estimate of drug-likeness (QED) is 0.393. The SMILES string of the molecule is CC(CC(=O)Nc1ccc(Br)cc1)=NNC(=O)C(=O)Nc1ccccn1. The fourth-order valence-electron chi connectivity index (χ4n) is 1.82. The lowest BCUT2D eigenvalue weighted by atomic mass is 10.2. The van der Waals surface area contributed by atoms with Crippen molar-refractivity contribution in [2.45, 2.75) is 13.3 Å². The van der Waals surface area contributed by atoms with Gasteiger partial charge in [-0.15, -0.1) is 0 Å². The second-order valence-corrected chi connectivity index (χ2v) is 6.10. The summed E-state index contributed by atoms with van der Waals surface area (Å²) in [6.45, 7) is 1.57. The summed E-state index contributed by atoms with van der Waals surface area (Å²) in [5.74, 6) is -1.90. The van der Waals surface area contributed by atoms with Gasteiger partial charge in [0.25, 0.3) is 0 Å². The van der Waals surface area contributed by atoms with Crippen LogP contribution in [0.4, 0.5) is 11.5 Å². The standard InChI is InChI=1S/C17H16BrN5O3/c1-11(10-15(24)20-13-7-5-12(18)6-8-13)22-23-17(26)16(25)21-14-4-2-3-9-19-14/h2-9H,10H2,1H3,(H,20,24)(H,23,26)(H,19,21,25). The van der Waals surface area contributed by atoms with Crippen LogP contribution in [0.3, 0.4) is 0 Å². The van der Waals surface area contributed by atoms with Gasteiger partial charge in [-0.2, -0.15) is 5.10 Å². The zero-order chi connectivity index (χ0) is 18.9. The summed E-state index contributed by atoms with van der Waals surface area (Å²) in [6, 6.07) is 12.0. The minimum atomic E-state index is -0.955. The van der Waals surface area contributed by atoms with Crippen LogP contribution >= 0.6 is 15.9 Å². The van der Waals surface area contributed by atoms with Gasteiger partial charge in [0, 0.05) is 22.1 Å². The van der Waals surface area contributed by atoms with Crippen LogP contribution in [-0.4, -0.2) is 28.4 Å². The lowest BCUT2D eigenvalue weighted by Crippen LogP contribution is -2.33. The minimum absolute atomic E-state index is 0.0296. The summed E-state index contributed by atoms with van der Waals surface area (Å²) in [6.07, 6.45) is 1.46. The maximum absolute atomic E-state index is 11.9. The molecule has 1 aromatic carbocycles. The van der Waals surface area contributed by atoms with Crippen LogP contribution in [0, 0.1) is 0 Å². The van der Waals surface area contributed by atoms with Crippen molar-refractivity contribution in [1.29, 1.82) is 0 Å². The van der Waals surface area contributed by atoms with Crippen molar-refractivity contribution >= 4 is 50.9 Å². The average molecular weight is 418 g/mol. The summed E-state index contributed by atoms with van der Waals surface area (Å²) >= 11 is 3.31. The fourth-order valence-corrected chi connectivity index (χ4v) is 2.08. The number of anilines is 2. The molecule has 0 fully saturated rings. The third-order valence-corrected chi connectivity index (χ3v) is 3.53. The van der Waals surface area contributed by atoms with Crippen LogP contribution in [0.1, 0.15) is 13.3 Å². The number of hydrogen-bond acceptors (Lipinski definition) is 5. The van der Waals surface area contributed by atoms with Crippen molar-refractivity contribution in [1.82, 2.24) is 10.4 Å². The number of aromatic nitrogens is 1. The molecule has 0 radical (unpaired) electrons. The van der Waals surface area contributed by atoms with E-state index in [0.717, 1.165) is 4.47 Å². The monoisotopic (exact) mass is 417 g/mol. The van der Waals surface area contributed by atoms with E-state index in [2.05, 4.69) is 42.1 Å². The Labute approximate surface area is 158 Å². The Kier molecular flexibility index (Phi) is 6.98. The molecule has 0 aliphatic rings. The van der Waals surface area contributed by atoms with Crippen molar-refractivity contribution < 1.29 is 14.4 Å². The fraction of sp³-hybridized carbons (Fsp3) is 0.118. The number of amides is 3. The van der Waals surface area contributed by atoms with Crippen LogP contribution in [0.5, 0.6) is 0 Å². The van der Waals surface area contributed by atoms with Crippen molar-refractivity contribution in [2.24, 2.45) is 5.10 Å². The number of pyridine rings is 1. The third kappa shape index (κ3) is 6.44. The van der Waals surface area contributed by atoms with Crippen LogP contribution in [-0.2, 0) is 14.4 Å². The highest BCUT2D eigenvalue weighted by Gasteiger charge is 2.14. The predicted octanol–water partition coefficient (Wildman–Crippen LogP) is 2.30. The topological polar surface area (TPSA) is 113 Å². The number of nitrogens with zero attached hydrogens (tertiary/aromatic N) is 2. The van der Waals surface area contributed by atoms with Crippen molar-refractivity contribution in [3.8, 4) is 0 Å². The summed E-state index contributed by atoms with van der Waals surface area (Å²) in [7, 11) is 0. The molecule has 0 unspecified atom stereocenters. The van der Waals surface area contributed by atoms with Gasteiger partial charge in [0.05, 0.1) is 6.42 Å². The van der Waals surface area contributed by atoms with Gasteiger partial charge >= 0.3 is 11.8 Å². The first kappa shape index (κ1) is 19.3. The molecule has 3 amide bonds. The molecule has 0 bridgehead atoms. The number of halogens is 1. The summed E-state index contributed by atoms with van der Waals surface area (Å²) in [5, 5.41) is 8.78. The number of carbonyl (C=O) groups excluding carboxylic acids is 3. The lowest BCUT2D eigenvalue weighted by Gasteiger charge is -2.06. The molecule has 1 aromatic heterocycles. The Morgan fingerprint density at radius 3 is 2.42 bits per heavy atom. The van der Waals surface area contributed by atoms with Gasteiger partial charge < -0.3 is 10.6 Å². The van der Waals surface area contributed by atoms with Crippen molar-refractivity contribution in [3.05, 3.63) is 53.1 Å². The first-order valence-corrected chi connectivity index (χ1v) is 8.34. The van der Waals surface area contributed by atoms with E-state index in [1.165, 1.54) is 6.20 Å². The van der Waals surface area contributed by atoms with E-state index in [0.29, 0.717) is 11.4 Å². The number of nitrogens with one attached hydrogen (secondary N) is 3. The summed E-state index contributed by atoms with van der Waals surface area (Å²) in [5.41, 5.74) is 3.09. The van der Waals surface area contributed by atoms with E-state index >= 15 is 0 Å². The molecule has 9 heteroatoms. The van der Waals surface area contributed by atoms with E-state index in [-0.39, 0.29) is 18.1 Å². The molecule has 2 rings (SSSR count). The number of benzene rings is 1. The zero-order valence-corrected chi connectivity index (χ0v) is 15.4.